The molecule has 0 bridgehead atoms. The zero-order valence-electron chi connectivity index (χ0n) is 10.9. The van der Waals surface area contributed by atoms with Gasteiger partial charge in [-0.3, -0.25) is 0 Å². The zero-order valence-corrected chi connectivity index (χ0v) is 11.7. The quantitative estimate of drug-likeness (QED) is 0.699. The summed E-state index contributed by atoms with van der Waals surface area (Å²) in [4.78, 5) is 8.54. The summed E-state index contributed by atoms with van der Waals surface area (Å²) in [5.74, 6) is 3.96. The molecule has 2 N–H and O–H groups in total. The van der Waals surface area contributed by atoms with Gasteiger partial charge in [0.25, 0.3) is 0 Å². The van der Waals surface area contributed by atoms with Crippen LogP contribution in [0.3, 0.4) is 0 Å². The molecule has 1 aromatic heterocycles. The van der Waals surface area contributed by atoms with Crippen molar-refractivity contribution in [3.05, 3.63) is 12.3 Å². The summed E-state index contributed by atoms with van der Waals surface area (Å²) >= 11 is 1.97. The molecule has 0 fully saturated rings. The highest BCUT2D eigenvalue weighted by molar-refractivity contribution is 7.99. The molecule has 0 aliphatic heterocycles. The Kier molecular flexibility index (Phi) is 6.77. The standard InChI is InChI=1S/C12H22N4S/c1-4-13-12-14-8-6-11(16-12)15-10(3)7-9-17-5-2/h6,8,10H,4-5,7,9H2,1-3H3,(H2,13,14,15,16). The molecule has 1 atom stereocenters. The van der Waals surface area contributed by atoms with E-state index < -0.39 is 0 Å². The van der Waals surface area contributed by atoms with Crippen LogP contribution in [0.4, 0.5) is 11.8 Å². The predicted molar refractivity (Wildman–Crippen MR) is 76.9 cm³/mol. The zero-order chi connectivity index (χ0) is 12.5. The van der Waals surface area contributed by atoms with Crippen LogP contribution < -0.4 is 10.6 Å². The Hall–Kier alpha value is -0.970. The van der Waals surface area contributed by atoms with Gasteiger partial charge in [0.2, 0.25) is 5.95 Å². The second-order valence-electron chi connectivity index (χ2n) is 3.83. The molecule has 96 valence electrons. The maximum absolute atomic E-state index is 4.39. The van der Waals surface area contributed by atoms with E-state index in [4.69, 9.17) is 0 Å². The first kappa shape index (κ1) is 14.1. The van der Waals surface area contributed by atoms with Gasteiger partial charge in [0, 0.05) is 18.8 Å². The van der Waals surface area contributed by atoms with E-state index in [1.807, 2.05) is 24.8 Å². The number of hydrogen-bond acceptors (Lipinski definition) is 5. The van der Waals surface area contributed by atoms with Gasteiger partial charge in [-0.15, -0.1) is 0 Å². The second-order valence-corrected chi connectivity index (χ2v) is 5.22. The fraction of sp³-hybridized carbons (Fsp3) is 0.667. The number of nitrogens with one attached hydrogen (secondary N) is 2. The van der Waals surface area contributed by atoms with Gasteiger partial charge in [0.15, 0.2) is 0 Å². The van der Waals surface area contributed by atoms with Gasteiger partial charge in [-0.25, -0.2) is 4.98 Å². The van der Waals surface area contributed by atoms with E-state index in [2.05, 4.69) is 34.4 Å². The first-order valence-corrected chi connectivity index (χ1v) is 7.33. The number of anilines is 2. The molecule has 0 aliphatic rings. The summed E-state index contributed by atoms with van der Waals surface area (Å²) in [6.07, 6.45) is 2.93. The van der Waals surface area contributed by atoms with Crippen molar-refractivity contribution in [2.75, 3.05) is 28.7 Å². The van der Waals surface area contributed by atoms with Crippen LogP contribution in [0.5, 0.6) is 0 Å². The van der Waals surface area contributed by atoms with Crippen molar-refractivity contribution < 1.29 is 0 Å². The molecule has 1 aromatic rings. The van der Waals surface area contributed by atoms with Crippen LogP contribution in [-0.4, -0.2) is 34.1 Å². The minimum absolute atomic E-state index is 0.443. The maximum atomic E-state index is 4.39. The molecular formula is C12H22N4S. The van der Waals surface area contributed by atoms with E-state index in [0.29, 0.717) is 12.0 Å². The lowest BCUT2D eigenvalue weighted by Gasteiger charge is -2.14. The Labute approximate surface area is 108 Å². The van der Waals surface area contributed by atoms with E-state index in [9.17, 15) is 0 Å². The monoisotopic (exact) mass is 254 g/mol. The molecule has 1 unspecified atom stereocenters. The van der Waals surface area contributed by atoms with Crippen LogP contribution in [0.1, 0.15) is 27.2 Å². The minimum Gasteiger partial charge on any atom is -0.367 e. The molecule has 0 amide bonds. The van der Waals surface area contributed by atoms with Crippen LogP contribution in [0.25, 0.3) is 0 Å². The van der Waals surface area contributed by atoms with Crippen molar-refractivity contribution in [1.29, 1.82) is 0 Å². The normalized spacial score (nSPS) is 12.2. The van der Waals surface area contributed by atoms with Gasteiger partial charge in [-0.1, -0.05) is 6.92 Å². The van der Waals surface area contributed by atoms with Crippen molar-refractivity contribution in [2.45, 2.75) is 33.2 Å². The van der Waals surface area contributed by atoms with Crippen LogP contribution in [0.2, 0.25) is 0 Å². The highest BCUT2D eigenvalue weighted by Crippen LogP contribution is 2.10. The predicted octanol–water partition coefficient (Wildman–Crippen LogP) is 2.85. The number of thioether (sulfide) groups is 1. The van der Waals surface area contributed by atoms with E-state index >= 15 is 0 Å². The average molecular weight is 254 g/mol. The number of rotatable bonds is 8. The molecule has 1 rings (SSSR count). The molecular weight excluding hydrogens is 232 g/mol. The molecule has 0 saturated heterocycles. The molecule has 0 aliphatic carbocycles. The summed E-state index contributed by atoms with van der Waals surface area (Å²) in [5.41, 5.74) is 0. The fourth-order valence-corrected chi connectivity index (χ4v) is 2.22. The van der Waals surface area contributed by atoms with Crippen LogP contribution >= 0.6 is 11.8 Å². The van der Waals surface area contributed by atoms with E-state index in [-0.39, 0.29) is 0 Å². The van der Waals surface area contributed by atoms with Gasteiger partial charge in [0.05, 0.1) is 0 Å². The van der Waals surface area contributed by atoms with Crippen molar-refractivity contribution in [2.24, 2.45) is 0 Å². The van der Waals surface area contributed by atoms with Crippen LogP contribution in [0, 0.1) is 0 Å². The van der Waals surface area contributed by atoms with Gasteiger partial charge in [-0.05, 0) is 37.8 Å². The van der Waals surface area contributed by atoms with Crippen molar-refractivity contribution in [3.63, 3.8) is 0 Å². The van der Waals surface area contributed by atoms with Crippen molar-refractivity contribution in [3.8, 4) is 0 Å². The number of nitrogens with zero attached hydrogens (tertiary/aromatic N) is 2. The molecule has 17 heavy (non-hydrogen) atoms. The molecule has 5 heteroatoms. The molecule has 1 heterocycles. The summed E-state index contributed by atoms with van der Waals surface area (Å²) in [5, 5.41) is 6.50. The first-order valence-electron chi connectivity index (χ1n) is 6.17. The first-order chi connectivity index (χ1) is 8.26. The lowest BCUT2D eigenvalue weighted by molar-refractivity contribution is 0.766. The Morgan fingerprint density at radius 2 is 2.24 bits per heavy atom. The lowest BCUT2D eigenvalue weighted by Crippen LogP contribution is -2.17. The molecule has 4 nitrogen and oxygen atoms in total. The largest absolute Gasteiger partial charge is 0.367 e. The topological polar surface area (TPSA) is 49.8 Å². The number of hydrogen-bond donors (Lipinski definition) is 2. The smallest absolute Gasteiger partial charge is 0.224 e. The molecule has 0 aromatic carbocycles. The van der Waals surface area contributed by atoms with Gasteiger partial charge in [0.1, 0.15) is 5.82 Å². The molecule has 0 radical (unpaired) electrons. The van der Waals surface area contributed by atoms with Crippen LogP contribution in [-0.2, 0) is 0 Å². The maximum Gasteiger partial charge on any atom is 0.224 e. The Morgan fingerprint density at radius 3 is 2.94 bits per heavy atom. The van der Waals surface area contributed by atoms with E-state index in [1.165, 1.54) is 11.5 Å². The Bertz CT molecular complexity index is 319. The van der Waals surface area contributed by atoms with Gasteiger partial charge < -0.3 is 10.6 Å². The van der Waals surface area contributed by atoms with E-state index in [0.717, 1.165) is 18.8 Å². The second kappa shape index (κ2) is 8.17. The van der Waals surface area contributed by atoms with Gasteiger partial charge >= 0.3 is 0 Å². The van der Waals surface area contributed by atoms with Crippen molar-refractivity contribution in [1.82, 2.24) is 9.97 Å². The third-order valence-corrected chi connectivity index (χ3v) is 3.22. The Balaban J connectivity index is 2.41. The summed E-state index contributed by atoms with van der Waals surface area (Å²) in [7, 11) is 0. The van der Waals surface area contributed by atoms with Gasteiger partial charge in [-0.2, -0.15) is 16.7 Å². The summed E-state index contributed by atoms with van der Waals surface area (Å²) in [6, 6.07) is 2.35. The highest BCUT2D eigenvalue weighted by atomic mass is 32.2. The summed E-state index contributed by atoms with van der Waals surface area (Å²) in [6.45, 7) is 7.25. The minimum atomic E-state index is 0.443. The Morgan fingerprint density at radius 1 is 1.41 bits per heavy atom. The third-order valence-electron chi connectivity index (χ3n) is 2.28. The highest BCUT2D eigenvalue weighted by Gasteiger charge is 2.03. The fourth-order valence-electron chi connectivity index (χ4n) is 1.41. The van der Waals surface area contributed by atoms with E-state index in [1.54, 1.807) is 6.20 Å². The SMILES string of the molecule is CCNc1nccc(NC(C)CCSCC)n1. The third kappa shape index (κ3) is 5.77. The lowest BCUT2D eigenvalue weighted by atomic mass is 10.2. The number of aromatic nitrogens is 2. The average Bonchev–Trinajstić information content (AvgIpc) is 2.30. The molecule has 0 spiro atoms. The van der Waals surface area contributed by atoms with Crippen molar-refractivity contribution >= 4 is 23.5 Å². The summed E-state index contributed by atoms with van der Waals surface area (Å²) < 4.78 is 0. The van der Waals surface area contributed by atoms with Crippen LogP contribution in [0.15, 0.2) is 12.3 Å². The molecule has 0 saturated carbocycles.